The van der Waals surface area contributed by atoms with Gasteiger partial charge in [-0.25, -0.2) is 10.8 Å². The van der Waals surface area contributed by atoms with Crippen LogP contribution in [-0.2, 0) is 0 Å². The van der Waals surface area contributed by atoms with E-state index in [1.54, 1.807) is 6.07 Å². The van der Waals surface area contributed by atoms with Crippen LogP contribution in [0.4, 0.5) is 5.82 Å². The lowest BCUT2D eigenvalue weighted by molar-refractivity contribution is 0.862. The van der Waals surface area contributed by atoms with Crippen LogP contribution < -0.4 is 11.3 Å². The Balaban J connectivity index is 2.78. The average Bonchev–Trinajstić information content (AvgIpc) is 2.27. The van der Waals surface area contributed by atoms with Crippen molar-refractivity contribution in [2.24, 2.45) is 5.84 Å². The van der Waals surface area contributed by atoms with Crippen LogP contribution in [0.15, 0.2) is 18.2 Å². The van der Waals surface area contributed by atoms with Gasteiger partial charge in [-0.1, -0.05) is 37.0 Å². The number of pyridine rings is 1. The molecule has 1 aromatic heterocycles. The molecule has 0 aliphatic rings. The first-order chi connectivity index (χ1) is 8.02. The van der Waals surface area contributed by atoms with E-state index in [4.69, 9.17) is 29.0 Å². The third-order valence-electron chi connectivity index (χ3n) is 2.62. The van der Waals surface area contributed by atoms with Crippen molar-refractivity contribution in [3.05, 3.63) is 33.8 Å². The van der Waals surface area contributed by atoms with E-state index in [-0.39, 0.29) is 0 Å². The van der Waals surface area contributed by atoms with Crippen LogP contribution in [0.25, 0.3) is 10.9 Å². The molecule has 0 saturated carbocycles. The van der Waals surface area contributed by atoms with E-state index < -0.39 is 0 Å². The van der Waals surface area contributed by atoms with Gasteiger partial charge in [-0.05, 0) is 29.7 Å². The maximum atomic E-state index is 6.11. The first-order valence-electron chi connectivity index (χ1n) is 5.29. The molecule has 0 unspecified atom stereocenters. The van der Waals surface area contributed by atoms with Crippen molar-refractivity contribution < 1.29 is 0 Å². The van der Waals surface area contributed by atoms with Gasteiger partial charge in [-0.2, -0.15) is 0 Å². The lowest BCUT2D eigenvalue weighted by Gasteiger charge is -2.13. The number of nitrogens with one attached hydrogen (secondary N) is 1. The van der Waals surface area contributed by atoms with E-state index in [0.717, 1.165) is 10.9 Å². The fraction of sp³-hybridized carbons (Fsp3) is 0.250. The lowest BCUT2D eigenvalue weighted by Crippen LogP contribution is -2.12. The Morgan fingerprint density at radius 1 is 1.24 bits per heavy atom. The second-order valence-corrected chi connectivity index (χ2v) is 5.03. The molecule has 2 rings (SSSR count). The topological polar surface area (TPSA) is 50.9 Å². The number of fused-ring (bicyclic) bond motifs is 1. The Bertz CT molecular complexity index is 567. The Kier molecular flexibility index (Phi) is 3.43. The molecule has 1 aromatic carbocycles. The molecule has 0 amide bonds. The van der Waals surface area contributed by atoms with Crippen LogP contribution >= 0.6 is 23.2 Å². The van der Waals surface area contributed by atoms with Gasteiger partial charge in [0.2, 0.25) is 0 Å². The van der Waals surface area contributed by atoms with Gasteiger partial charge in [0.25, 0.3) is 0 Å². The van der Waals surface area contributed by atoms with Crippen molar-refractivity contribution >= 4 is 39.9 Å². The van der Waals surface area contributed by atoms with Gasteiger partial charge >= 0.3 is 0 Å². The number of rotatable bonds is 2. The van der Waals surface area contributed by atoms with Crippen LogP contribution in [0.3, 0.4) is 0 Å². The SMILES string of the molecule is CC(C)c1cc2cc(Cl)cc(Cl)c2nc1NN. The quantitative estimate of drug-likeness (QED) is 0.641. The van der Waals surface area contributed by atoms with Crippen molar-refractivity contribution in [3.8, 4) is 0 Å². The highest BCUT2D eigenvalue weighted by atomic mass is 35.5. The molecular formula is C12H13Cl2N3. The zero-order valence-electron chi connectivity index (χ0n) is 9.59. The van der Waals surface area contributed by atoms with Gasteiger partial charge in [0.05, 0.1) is 10.5 Å². The molecule has 17 heavy (non-hydrogen) atoms. The first-order valence-corrected chi connectivity index (χ1v) is 6.05. The van der Waals surface area contributed by atoms with Crippen LogP contribution in [0.2, 0.25) is 10.0 Å². The molecule has 3 N–H and O–H groups in total. The van der Waals surface area contributed by atoms with E-state index in [0.29, 0.717) is 27.3 Å². The second kappa shape index (κ2) is 4.69. The fourth-order valence-corrected chi connectivity index (χ4v) is 2.33. The van der Waals surface area contributed by atoms with Crippen molar-refractivity contribution in [1.29, 1.82) is 0 Å². The van der Waals surface area contributed by atoms with E-state index in [9.17, 15) is 0 Å². The zero-order valence-corrected chi connectivity index (χ0v) is 11.1. The molecule has 0 fully saturated rings. The number of hydrogen-bond acceptors (Lipinski definition) is 3. The maximum Gasteiger partial charge on any atom is 0.144 e. The molecule has 0 aliphatic heterocycles. The van der Waals surface area contributed by atoms with Crippen molar-refractivity contribution in [2.45, 2.75) is 19.8 Å². The smallest absolute Gasteiger partial charge is 0.144 e. The number of nitrogen functional groups attached to an aromatic ring is 1. The number of nitrogens with zero attached hydrogens (tertiary/aromatic N) is 1. The predicted octanol–water partition coefficient (Wildman–Crippen LogP) is 3.95. The molecule has 1 heterocycles. The summed E-state index contributed by atoms with van der Waals surface area (Å²) in [7, 11) is 0. The van der Waals surface area contributed by atoms with Crippen LogP contribution in [-0.4, -0.2) is 4.98 Å². The minimum absolute atomic E-state index is 0.315. The number of hydrogen-bond donors (Lipinski definition) is 2. The summed E-state index contributed by atoms with van der Waals surface area (Å²) >= 11 is 12.1. The molecular weight excluding hydrogens is 257 g/mol. The van der Waals surface area contributed by atoms with Crippen molar-refractivity contribution in [3.63, 3.8) is 0 Å². The van der Waals surface area contributed by atoms with Gasteiger partial charge < -0.3 is 5.43 Å². The first kappa shape index (κ1) is 12.4. The molecule has 2 aromatic rings. The predicted molar refractivity (Wildman–Crippen MR) is 73.7 cm³/mol. The third-order valence-corrected chi connectivity index (χ3v) is 3.13. The summed E-state index contributed by atoms with van der Waals surface area (Å²) in [5, 5.41) is 2.05. The number of nitrogens with two attached hydrogens (primary N) is 1. The zero-order chi connectivity index (χ0) is 12.6. The Hall–Kier alpha value is -1.03. The second-order valence-electron chi connectivity index (χ2n) is 4.18. The minimum Gasteiger partial charge on any atom is -0.308 e. The van der Waals surface area contributed by atoms with E-state index in [2.05, 4.69) is 24.3 Å². The van der Waals surface area contributed by atoms with Gasteiger partial charge in [-0.15, -0.1) is 0 Å². The number of anilines is 1. The molecule has 0 saturated heterocycles. The molecule has 0 bridgehead atoms. The largest absolute Gasteiger partial charge is 0.308 e. The maximum absolute atomic E-state index is 6.11. The summed E-state index contributed by atoms with van der Waals surface area (Å²) in [4.78, 5) is 4.43. The standard InChI is InChI=1S/C12H13Cl2N3/c1-6(2)9-4-7-3-8(13)5-10(14)11(7)16-12(9)17-15/h3-6H,15H2,1-2H3,(H,16,17). The number of aromatic nitrogens is 1. The Labute approximate surface area is 110 Å². The van der Waals surface area contributed by atoms with E-state index in [1.807, 2.05) is 12.1 Å². The Morgan fingerprint density at radius 3 is 2.53 bits per heavy atom. The van der Waals surface area contributed by atoms with Gasteiger partial charge in [0, 0.05) is 10.4 Å². The van der Waals surface area contributed by atoms with Gasteiger partial charge in [0.1, 0.15) is 5.82 Å². The lowest BCUT2D eigenvalue weighted by atomic mass is 10.0. The highest BCUT2D eigenvalue weighted by molar-refractivity contribution is 6.38. The molecule has 0 aliphatic carbocycles. The number of halogens is 2. The summed E-state index contributed by atoms with van der Waals surface area (Å²) in [5.41, 5.74) is 4.35. The van der Waals surface area contributed by atoms with Gasteiger partial charge in [-0.3, -0.25) is 0 Å². The van der Waals surface area contributed by atoms with E-state index in [1.165, 1.54) is 0 Å². The summed E-state index contributed by atoms with van der Waals surface area (Å²) in [6, 6.07) is 5.54. The summed E-state index contributed by atoms with van der Waals surface area (Å²) in [6.45, 7) is 4.16. The summed E-state index contributed by atoms with van der Waals surface area (Å²) in [6.07, 6.45) is 0. The fourth-order valence-electron chi connectivity index (χ4n) is 1.78. The van der Waals surface area contributed by atoms with Crippen molar-refractivity contribution in [1.82, 2.24) is 4.98 Å². The van der Waals surface area contributed by atoms with Crippen LogP contribution in [0, 0.1) is 0 Å². The molecule has 0 atom stereocenters. The molecule has 0 radical (unpaired) electrons. The minimum atomic E-state index is 0.315. The molecule has 5 heteroatoms. The average molecular weight is 270 g/mol. The van der Waals surface area contributed by atoms with Crippen LogP contribution in [0.1, 0.15) is 25.3 Å². The van der Waals surface area contributed by atoms with Gasteiger partial charge in [0.15, 0.2) is 0 Å². The third kappa shape index (κ3) is 2.32. The van der Waals surface area contributed by atoms with Crippen LogP contribution in [0.5, 0.6) is 0 Å². The molecule has 0 spiro atoms. The highest BCUT2D eigenvalue weighted by Gasteiger charge is 2.11. The number of hydrazine groups is 1. The number of benzene rings is 1. The molecule has 3 nitrogen and oxygen atoms in total. The highest BCUT2D eigenvalue weighted by Crippen LogP contribution is 2.31. The Morgan fingerprint density at radius 2 is 1.94 bits per heavy atom. The normalized spacial score (nSPS) is 11.2. The molecule has 90 valence electrons. The summed E-state index contributed by atoms with van der Waals surface area (Å²) in [5.74, 6) is 6.44. The van der Waals surface area contributed by atoms with Crippen molar-refractivity contribution in [2.75, 3.05) is 5.43 Å². The van der Waals surface area contributed by atoms with E-state index >= 15 is 0 Å². The monoisotopic (exact) mass is 269 g/mol. The summed E-state index contributed by atoms with van der Waals surface area (Å²) < 4.78 is 0.